The topological polar surface area (TPSA) is 72.9 Å². The van der Waals surface area contributed by atoms with Crippen molar-refractivity contribution in [2.24, 2.45) is 5.84 Å². The minimum atomic E-state index is -0.252. The molecular weight excluding hydrogens is 276 g/mol. The first-order valence-corrected chi connectivity index (χ1v) is 7.58. The fourth-order valence-corrected chi connectivity index (χ4v) is 3.39. The molecule has 116 valence electrons. The number of nitrogen functional groups attached to an aromatic ring is 1. The zero-order valence-electron chi connectivity index (χ0n) is 13.5. The Labute approximate surface area is 130 Å². The number of nitrogens with one attached hydrogen (secondary N) is 1. The van der Waals surface area contributed by atoms with Crippen LogP contribution < -0.4 is 16.8 Å². The Morgan fingerprint density at radius 1 is 1.32 bits per heavy atom. The third-order valence-electron chi connectivity index (χ3n) is 4.34. The van der Waals surface area contributed by atoms with Crippen LogP contribution in [0.5, 0.6) is 0 Å². The van der Waals surface area contributed by atoms with Gasteiger partial charge in [0.25, 0.3) is 5.56 Å². The molecule has 0 saturated carbocycles. The highest BCUT2D eigenvalue weighted by Gasteiger charge is 2.36. The summed E-state index contributed by atoms with van der Waals surface area (Å²) in [5, 5.41) is 0. The molecule has 2 aromatic rings. The van der Waals surface area contributed by atoms with E-state index in [1.54, 1.807) is 4.57 Å². The molecule has 5 heteroatoms. The number of hydrogen-bond acceptors (Lipinski definition) is 4. The Morgan fingerprint density at radius 2 is 2.00 bits per heavy atom. The van der Waals surface area contributed by atoms with Crippen LogP contribution in [0.3, 0.4) is 0 Å². The Balaban J connectivity index is 2.43. The van der Waals surface area contributed by atoms with Gasteiger partial charge in [0.05, 0.1) is 5.69 Å². The summed E-state index contributed by atoms with van der Waals surface area (Å²) in [5.74, 6) is 6.01. The molecule has 0 fully saturated rings. The molecule has 22 heavy (non-hydrogen) atoms. The third-order valence-corrected chi connectivity index (χ3v) is 4.34. The predicted octanol–water partition coefficient (Wildman–Crippen LogP) is 2.61. The molecule has 5 nitrogen and oxygen atoms in total. The van der Waals surface area contributed by atoms with Gasteiger partial charge in [-0.25, -0.2) is 10.8 Å². The van der Waals surface area contributed by atoms with E-state index < -0.39 is 0 Å². The number of hydrazine groups is 1. The van der Waals surface area contributed by atoms with Crippen molar-refractivity contribution in [1.29, 1.82) is 0 Å². The van der Waals surface area contributed by atoms with E-state index in [0.29, 0.717) is 5.95 Å². The summed E-state index contributed by atoms with van der Waals surface area (Å²) < 4.78 is 1.63. The van der Waals surface area contributed by atoms with Gasteiger partial charge in [-0.3, -0.25) is 14.8 Å². The largest absolute Gasteiger partial charge is 0.294 e. The van der Waals surface area contributed by atoms with E-state index in [2.05, 4.69) is 30.3 Å². The molecule has 1 heterocycles. The number of benzene rings is 1. The first kappa shape index (κ1) is 14.8. The Kier molecular flexibility index (Phi) is 3.33. The molecule has 3 N–H and O–H groups in total. The lowest BCUT2D eigenvalue weighted by Crippen LogP contribution is -2.39. The molecule has 1 aliphatic carbocycles. The maximum Gasteiger partial charge on any atom is 0.259 e. The van der Waals surface area contributed by atoms with E-state index in [9.17, 15) is 4.79 Å². The number of rotatable bonds is 2. The number of hydrogen-bond donors (Lipinski definition) is 2. The molecular formula is C17H22N4O. The zero-order chi connectivity index (χ0) is 16.1. The van der Waals surface area contributed by atoms with E-state index in [1.165, 1.54) is 5.56 Å². The highest BCUT2D eigenvalue weighted by atomic mass is 16.1. The summed E-state index contributed by atoms with van der Waals surface area (Å²) in [6.07, 6.45) is 0.834. The second-order valence-corrected chi connectivity index (χ2v) is 6.79. The quantitative estimate of drug-likeness (QED) is 0.660. The first-order chi connectivity index (χ1) is 10.4. The fourth-order valence-electron chi connectivity index (χ4n) is 3.39. The van der Waals surface area contributed by atoms with Gasteiger partial charge in [-0.2, -0.15) is 0 Å². The molecule has 0 atom stereocenters. The van der Waals surface area contributed by atoms with Crippen LogP contribution in [0.4, 0.5) is 5.95 Å². The molecule has 0 radical (unpaired) electrons. The Hall–Kier alpha value is -2.14. The van der Waals surface area contributed by atoms with E-state index in [-0.39, 0.29) is 17.0 Å². The maximum atomic E-state index is 13.1. The summed E-state index contributed by atoms with van der Waals surface area (Å²) in [7, 11) is 0. The van der Waals surface area contributed by atoms with Crippen molar-refractivity contribution in [3.63, 3.8) is 0 Å². The molecule has 3 rings (SSSR count). The first-order valence-electron chi connectivity index (χ1n) is 7.58. The SMILES string of the molecule is CC(C)n1c(NN)nc2c(c1=O)C(C)(C)Cc1ccccc1-2. The van der Waals surface area contributed by atoms with Crippen molar-refractivity contribution in [1.82, 2.24) is 9.55 Å². The Bertz CT molecular complexity index is 790. The normalized spacial score (nSPS) is 15.4. The smallest absolute Gasteiger partial charge is 0.259 e. The molecule has 1 aromatic carbocycles. The molecule has 1 aromatic heterocycles. The number of nitrogens with two attached hydrogens (primary N) is 1. The second kappa shape index (κ2) is 4.95. The number of aromatic nitrogens is 2. The number of anilines is 1. The lowest BCUT2D eigenvalue weighted by Gasteiger charge is -2.34. The van der Waals surface area contributed by atoms with Crippen molar-refractivity contribution in [2.75, 3.05) is 5.43 Å². The number of fused-ring (bicyclic) bond motifs is 3. The monoisotopic (exact) mass is 298 g/mol. The van der Waals surface area contributed by atoms with Gasteiger partial charge in [0.1, 0.15) is 0 Å². The lowest BCUT2D eigenvalue weighted by molar-refractivity contribution is 0.485. The van der Waals surface area contributed by atoms with Crippen LogP contribution in [0.25, 0.3) is 11.3 Å². The minimum Gasteiger partial charge on any atom is -0.294 e. The van der Waals surface area contributed by atoms with E-state index in [1.807, 2.05) is 32.0 Å². The van der Waals surface area contributed by atoms with Gasteiger partial charge in [-0.1, -0.05) is 38.1 Å². The highest BCUT2D eigenvalue weighted by Crippen LogP contribution is 2.40. The van der Waals surface area contributed by atoms with E-state index in [4.69, 9.17) is 5.84 Å². The van der Waals surface area contributed by atoms with Crippen LogP contribution in [-0.4, -0.2) is 9.55 Å². The zero-order valence-corrected chi connectivity index (χ0v) is 13.5. The van der Waals surface area contributed by atoms with Crippen LogP contribution in [0.2, 0.25) is 0 Å². The minimum absolute atomic E-state index is 0.00699. The maximum absolute atomic E-state index is 13.1. The second-order valence-electron chi connectivity index (χ2n) is 6.79. The molecule has 1 aliphatic rings. The van der Waals surface area contributed by atoms with Crippen molar-refractivity contribution >= 4 is 5.95 Å². The van der Waals surface area contributed by atoms with E-state index >= 15 is 0 Å². The van der Waals surface area contributed by atoms with Crippen molar-refractivity contribution in [3.05, 3.63) is 45.7 Å². The third kappa shape index (κ3) is 2.04. The van der Waals surface area contributed by atoms with Gasteiger partial charge in [0.15, 0.2) is 0 Å². The predicted molar refractivity (Wildman–Crippen MR) is 88.9 cm³/mol. The van der Waals surface area contributed by atoms with Gasteiger partial charge in [-0.05, 0) is 25.8 Å². The van der Waals surface area contributed by atoms with Crippen LogP contribution in [0, 0.1) is 0 Å². The summed E-state index contributed by atoms with van der Waals surface area (Å²) >= 11 is 0. The van der Waals surface area contributed by atoms with Gasteiger partial charge < -0.3 is 0 Å². The summed E-state index contributed by atoms with van der Waals surface area (Å²) in [5.41, 5.74) is 6.10. The van der Waals surface area contributed by atoms with Crippen molar-refractivity contribution < 1.29 is 0 Å². The van der Waals surface area contributed by atoms with Crippen molar-refractivity contribution in [2.45, 2.75) is 45.6 Å². The average molecular weight is 298 g/mol. The molecule has 0 spiro atoms. The summed E-state index contributed by atoms with van der Waals surface area (Å²) in [4.78, 5) is 17.8. The van der Waals surface area contributed by atoms with Crippen LogP contribution >= 0.6 is 0 Å². The van der Waals surface area contributed by atoms with Gasteiger partial charge in [-0.15, -0.1) is 0 Å². The summed E-state index contributed by atoms with van der Waals surface area (Å²) in [6.45, 7) is 8.12. The summed E-state index contributed by atoms with van der Waals surface area (Å²) in [6, 6.07) is 8.12. The van der Waals surface area contributed by atoms with Crippen LogP contribution in [-0.2, 0) is 11.8 Å². The molecule has 0 unspecified atom stereocenters. The number of nitrogens with zero attached hydrogens (tertiary/aromatic N) is 2. The molecule has 0 amide bonds. The van der Waals surface area contributed by atoms with Gasteiger partial charge >= 0.3 is 0 Å². The fraction of sp³-hybridized carbons (Fsp3) is 0.412. The molecule has 0 bridgehead atoms. The molecule has 0 saturated heterocycles. The lowest BCUT2D eigenvalue weighted by atomic mass is 9.72. The average Bonchev–Trinajstić information content (AvgIpc) is 2.45. The molecule has 0 aliphatic heterocycles. The van der Waals surface area contributed by atoms with Crippen LogP contribution in [0.1, 0.15) is 44.9 Å². The van der Waals surface area contributed by atoms with Gasteiger partial charge in [0, 0.05) is 22.6 Å². The standard InChI is InChI=1S/C17H22N4O/c1-10(2)21-15(22)13-14(19-16(21)20-18)12-8-6-5-7-11(12)9-17(13,3)4/h5-8,10H,9,18H2,1-4H3,(H,19,20). The Morgan fingerprint density at radius 3 is 2.64 bits per heavy atom. The van der Waals surface area contributed by atoms with E-state index in [0.717, 1.165) is 23.2 Å². The van der Waals surface area contributed by atoms with Crippen molar-refractivity contribution in [3.8, 4) is 11.3 Å². The van der Waals surface area contributed by atoms with Gasteiger partial charge in [0.2, 0.25) is 5.95 Å². The highest BCUT2D eigenvalue weighted by molar-refractivity contribution is 5.72. The van der Waals surface area contributed by atoms with Crippen LogP contribution in [0.15, 0.2) is 29.1 Å².